The molecule has 0 aromatic heterocycles. The molecule has 268 valence electrons. The normalized spacial score (nSPS) is 11.2. The molecule has 0 radical (unpaired) electrons. The van der Waals surface area contributed by atoms with Crippen LogP contribution in [0.5, 0.6) is 0 Å². The maximum absolute atomic E-state index is 2.38. The van der Waals surface area contributed by atoms with Crippen LogP contribution >= 0.6 is 0 Å². The number of benzene rings is 10. The number of hydrogen-bond donors (Lipinski definition) is 0. The summed E-state index contributed by atoms with van der Waals surface area (Å²) in [4.78, 5) is 2.38. The molecule has 0 fully saturated rings. The van der Waals surface area contributed by atoms with E-state index in [0.717, 1.165) is 17.1 Å². The van der Waals surface area contributed by atoms with Crippen molar-refractivity contribution in [3.05, 3.63) is 237 Å². The molecule has 57 heavy (non-hydrogen) atoms. The quantitative estimate of drug-likeness (QED) is 0.141. The van der Waals surface area contributed by atoms with Crippen molar-refractivity contribution in [2.75, 3.05) is 4.90 Å². The number of hydrogen-bond acceptors (Lipinski definition) is 1. The van der Waals surface area contributed by atoms with Crippen LogP contribution in [0.4, 0.5) is 17.1 Å². The van der Waals surface area contributed by atoms with Crippen LogP contribution in [0.15, 0.2) is 237 Å². The summed E-state index contributed by atoms with van der Waals surface area (Å²) >= 11 is 0. The van der Waals surface area contributed by atoms with Crippen LogP contribution < -0.4 is 4.90 Å². The van der Waals surface area contributed by atoms with Crippen LogP contribution in [-0.4, -0.2) is 0 Å². The molecule has 0 amide bonds. The lowest BCUT2D eigenvalue weighted by atomic mass is 9.92. The van der Waals surface area contributed by atoms with Gasteiger partial charge in [0.2, 0.25) is 0 Å². The van der Waals surface area contributed by atoms with E-state index >= 15 is 0 Å². The van der Waals surface area contributed by atoms with Gasteiger partial charge in [0.1, 0.15) is 0 Å². The van der Waals surface area contributed by atoms with Gasteiger partial charge in [-0.3, -0.25) is 0 Å². The van der Waals surface area contributed by atoms with Crippen molar-refractivity contribution in [1.82, 2.24) is 0 Å². The summed E-state index contributed by atoms with van der Waals surface area (Å²) in [5.41, 5.74) is 15.2. The van der Waals surface area contributed by atoms with Gasteiger partial charge in [0.25, 0.3) is 0 Å². The molecule has 0 unspecified atom stereocenters. The summed E-state index contributed by atoms with van der Waals surface area (Å²) in [6.07, 6.45) is 0. The van der Waals surface area contributed by atoms with Crippen LogP contribution in [0, 0.1) is 0 Å². The van der Waals surface area contributed by atoms with Gasteiger partial charge in [-0.2, -0.15) is 0 Å². The van der Waals surface area contributed by atoms with Crippen molar-refractivity contribution in [1.29, 1.82) is 0 Å². The Balaban J connectivity index is 1.08. The Morgan fingerprint density at radius 3 is 1.19 bits per heavy atom. The summed E-state index contributed by atoms with van der Waals surface area (Å²) in [5.74, 6) is 0. The molecule has 0 aliphatic carbocycles. The third kappa shape index (κ3) is 6.77. The lowest BCUT2D eigenvalue weighted by Crippen LogP contribution is -2.10. The van der Waals surface area contributed by atoms with Crippen molar-refractivity contribution >= 4 is 38.6 Å². The Hall–Kier alpha value is -7.48. The van der Waals surface area contributed by atoms with Crippen molar-refractivity contribution in [2.45, 2.75) is 0 Å². The molecule has 1 nitrogen and oxygen atoms in total. The average Bonchev–Trinajstić information content (AvgIpc) is 3.30. The largest absolute Gasteiger partial charge is 0.310 e. The van der Waals surface area contributed by atoms with Crippen LogP contribution in [0.2, 0.25) is 0 Å². The van der Waals surface area contributed by atoms with Crippen LogP contribution in [0.3, 0.4) is 0 Å². The fraction of sp³-hybridized carbons (Fsp3) is 0. The molecule has 10 aromatic rings. The number of rotatable bonds is 8. The van der Waals surface area contributed by atoms with Crippen molar-refractivity contribution in [3.63, 3.8) is 0 Å². The molecule has 1 heteroatoms. The Bertz CT molecular complexity index is 2910. The minimum atomic E-state index is 1.09. The lowest BCUT2D eigenvalue weighted by Gasteiger charge is -2.27. The van der Waals surface area contributed by atoms with Gasteiger partial charge < -0.3 is 4.90 Å². The van der Waals surface area contributed by atoms with Crippen molar-refractivity contribution in [2.24, 2.45) is 0 Å². The fourth-order valence-corrected chi connectivity index (χ4v) is 8.18. The Labute approximate surface area is 334 Å². The van der Waals surface area contributed by atoms with Gasteiger partial charge >= 0.3 is 0 Å². The topological polar surface area (TPSA) is 3.24 Å². The first-order valence-electron chi connectivity index (χ1n) is 19.6. The Morgan fingerprint density at radius 2 is 0.614 bits per heavy atom. The highest BCUT2D eigenvalue weighted by atomic mass is 15.1. The first kappa shape index (κ1) is 34.0. The minimum Gasteiger partial charge on any atom is -0.310 e. The van der Waals surface area contributed by atoms with Crippen LogP contribution in [0.1, 0.15) is 0 Å². The van der Waals surface area contributed by atoms with E-state index in [1.54, 1.807) is 0 Å². The van der Waals surface area contributed by atoms with E-state index in [1.807, 2.05) is 0 Å². The van der Waals surface area contributed by atoms with Gasteiger partial charge in [-0.05, 0) is 132 Å². The Kier molecular flexibility index (Phi) is 8.95. The number of fused-ring (bicyclic) bond motifs is 3. The zero-order valence-electron chi connectivity index (χ0n) is 31.5. The molecule has 0 N–H and O–H groups in total. The van der Waals surface area contributed by atoms with E-state index in [1.165, 1.54) is 77.2 Å². The molecule has 0 bridgehead atoms. The molecule has 10 aromatic carbocycles. The molecule has 0 saturated carbocycles. The SMILES string of the molecule is c1ccc(-c2ccc(N(c3ccc(-c4cccc(-c5cc6ccccc6c6ccccc56)c4)cc3)c3cc(-c4ccccc4)cc(-c4ccccc4)c3)cc2)cc1. The van der Waals surface area contributed by atoms with E-state index in [-0.39, 0.29) is 0 Å². The van der Waals surface area contributed by atoms with Gasteiger partial charge in [0, 0.05) is 17.1 Å². The molecular weight excluding hydrogens is 687 g/mol. The van der Waals surface area contributed by atoms with Gasteiger partial charge in [-0.25, -0.2) is 0 Å². The first-order valence-corrected chi connectivity index (χ1v) is 19.6. The summed E-state index contributed by atoms with van der Waals surface area (Å²) < 4.78 is 0. The van der Waals surface area contributed by atoms with Gasteiger partial charge in [0.15, 0.2) is 0 Å². The van der Waals surface area contributed by atoms with Gasteiger partial charge in [-0.1, -0.05) is 182 Å². The zero-order chi connectivity index (χ0) is 38.0. The number of anilines is 3. The number of nitrogens with zero attached hydrogens (tertiary/aromatic N) is 1. The second kappa shape index (κ2) is 15.0. The highest BCUT2D eigenvalue weighted by Crippen LogP contribution is 2.42. The molecule has 0 saturated heterocycles. The summed E-state index contributed by atoms with van der Waals surface area (Å²) in [7, 11) is 0. The smallest absolute Gasteiger partial charge is 0.0473 e. The van der Waals surface area contributed by atoms with Gasteiger partial charge in [0.05, 0.1) is 0 Å². The Morgan fingerprint density at radius 1 is 0.211 bits per heavy atom. The van der Waals surface area contributed by atoms with E-state index in [0.29, 0.717) is 0 Å². The summed E-state index contributed by atoms with van der Waals surface area (Å²) in [5, 5.41) is 5.09. The monoisotopic (exact) mass is 725 g/mol. The standard InChI is InChI=1S/C56H39N/c1-4-15-40(16-5-1)43-27-31-50(32-28-43)57(52-37-48(41-17-6-2-7-18-41)36-49(38-52)42-19-8-3-9-20-42)51-33-29-44(30-34-51)45-22-14-23-46(35-45)56-39-47-21-10-11-24-53(47)54-25-12-13-26-55(54)56/h1-39H. The maximum Gasteiger partial charge on any atom is 0.0473 e. The summed E-state index contributed by atoms with van der Waals surface area (Å²) in [6, 6.07) is 85.6. The average molecular weight is 726 g/mol. The van der Waals surface area contributed by atoms with E-state index in [2.05, 4.69) is 241 Å². The third-order valence-electron chi connectivity index (χ3n) is 11.0. The van der Waals surface area contributed by atoms with E-state index in [4.69, 9.17) is 0 Å². The van der Waals surface area contributed by atoms with Crippen molar-refractivity contribution < 1.29 is 0 Å². The second-order valence-electron chi connectivity index (χ2n) is 14.6. The third-order valence-corrected chi connectivity index (χ3v) is 11.0. The molecule has 10 rings (SSSR count). The highest BCUT2D eigenvalue weighted by molar-refractivity contribution is 6.13. The van der Waals surface area contributed by atoms with Crippen LogP contribution in [0.25, 0.3) is 77.2 Å². The molecule has 0 aliphatic heterocycles. The van der Waals surface area contributed by atoms with E-state index < -0.39 is 0 Å². The molecule has 0 atom stereocenters. The summed E-state index contributed by atoms with van der Waals surface area (Å²) in [6.45, 7) is 0. The van der Waals surface area contributed by atoms with Crippen LogP contribution in [-0.2, 0) is 0 Å². The van der Waals surface area contributed by atoms with Gasteiger partial charge in [-0.15, -0.1) is 0 Å². The molecule has 0 heterocycles. The van der Waals surface area contributed by atoms with E-state index in [9.17, 15) is 0 Å². The van der Waals surface area contributed by atoms with Crippen molar-refractivity contribution in [3.8, 4) is 55.6 Å². The fourth-order valence-electron chi connectivity index (χ4n) is 8.18. The molecular formula is C56H39N. The molecule has 0 aliphatic rings. The maximum atomic E-state index is 2.38. The predicted octanol–water partition coefficient (Wildman–Crippen LogP) is 15.8. The predicted molar refractivity (Wildman–Crippen MR) is 243 cm³/mol. The second-order valence-corrected chi connectivity index (χ2v) is 14.6. The first-order chi connectivity index (χ1) is 28.2. The lowest BCUT2D eigenvalue weighted by molar-refractivity contribution is 1.28. The molecule has 0 spiro atoms. The highest BCUT2D eigenvalue weighted by Gasteiger charge is 2.17. The zero-order valence-corrected chi connectivity index (χ0v) is 31.5. The minimum absolute atomic E-state index is 1.09.